The van der Waals surface area contributed by atoms with Crippen molar-refractivity contribution in [1.29, 1.82) is 0 Å². The molecule has 0 aromatic heterocycles. The van der Waals surface area contributed by atoms with Crippen molar-refractivity contribution in [2.24, 2.45) is 5.92 Å². The van der Waals surface area contributed by atoms with E-state index in [2.05, 4.69) is 158 Å². The van der Waals surface area contributed by atoms with Crippen molar-refractivity contribution in [3.05, 3.63) is 165 Å². The fraction of sp³-hybridized carbons (Fsp3) is 0.304. The standard InChI is InChI=1S/C46H48/c1-8-41-37(38-15-9-11-18-42(38)45(41,4)5)17-13-14-32-22-20-30(2)35(26-32)28-36-27-33(23-21-31(36)3)34-24-25-40-39-16-10-12-19-43(39)46(6,7)44(40)29-34/h8-19,23-27,29,31H,20-22,28H2,1-7H3/b14-13+,37-17-,41-8+. The van der Waals surface area contributed by atoms with Crippen molar-refractivity contribution >= 4 is 11.1 Å². The number of benzene rings is 3. The van der Waals surface area contributed by atoms with Gasteiger partial charge in [0.05, 0.1) is 0 Å². The molecule has 4 aliphatic carbocycles. The lowest BCUT2D eigenvalue weighted by Gasteiger charge is -2.25. The molecule has 3 aromatic carbocycles. The topological polar surface area (TPSA) is 0 Å². The summed E-state index contributed by atoms with van der Waals surface area (Å²) in [7, 11) is 0. The second-order valence-electron chi connectivity index (χ2n) is 15.0. The summed E-state index contributed by atoms with van der Waals surface area (Å²) in [5.41, 5.74) is 20.1. The molecule has 0 aliphatic heterocycles. The van der Waals surface area contributed by atoms with Crippen LogP contribution in [0.5, 0.6) is 0 Å². The Morgan fingerprint density at radius 1 is 0.783 bits per heavy atom. The van der Waals surface area contributed by atoms with Gasteiger partial charge < -0.3 is 0 Å². The van der Waals surface area contributed by atoms with E-state index >= 15 is 0 Å². The maximum atomic E-state index is 2.51. The van der Waals surface area contributed by atoms with Gasteiger partial charge >= 0.3 is 0 Å². The van der Waals surface area contributed by atoms with E-state index in [0.717, 1.165) is 25.7 Å². The molecule has 0 saturated heterocycles. The van der Waals surface area contributed by atoms with Gasteiger partial charge in [-0.15, -0.1) is 0 Å². The van der Waals surface area contributed by atoms with E-state index in [1.54, 1.807) is 11.1 Å². The van der Waals surface area contributed by atoms with Crippen LogP contribution in [0, 0.1) is 5.92 Å². The Morgan fingerprint density at radius 2 is 1.48 bits per heavy atom. The van der Waals surface area contributed by atoms with Gasteiger partial charge in [-0.2, -0.15) is 0 Å². The minimum atomic E-state index is 0.0252. The zero-order valence-corrected chi connectivity index (χ0v) is 28.8. The first-order valence-corrected chi connectivity index (χ1v) is 17.3. The van der Waals surface area contributed by atoms with Gasteiger partial charge in [0.25, 0.3) is 0 Å². The summed E-state index contributed by atoms with van der Waals surface area (Å²) >= 11 is 0. The van der Waals surface area contributed by atoms with Gasteiger partial charge in [-0.3, -0.25) is 0 Å². The summed E-state index contributed by atoms with van der Waals surface area (Å²) in [6.45, 7) is 16.4. The summed E-state index contributed by atoms with van der Waals surface area (Å²) in [5.74, 6) is 0.559. The third-order valence-electron chi connectivity index (χ3n) is 11.4. The number of hydrogen-bond acceptors (Lipinski definition) is 0. The lowest BCUT2D eigenvalue weighted by atomic mass is 9.79. The van der Waals surface area contributed by atoms with Crippen LogP contribution in [0.1, 0.15) is 102 Å². The minimum Gasteiger partial charge on any atom is -0.0829 e. The molecule has 0 fully saturated rings. The second kappa shape index (κ2) is 11.6. The van der Waals surface area contributed by atoms with Gasteiger partial charge in [0.15, 0.2) is 0 Å². The molecule has 0 amide bonds. The van der Waals surface area contributed by atoms with E-state index in [1.807, 2.05) is 0 Å². The molecular weight excluding hydrogens is 553 g/mol. The molecule has 0 spiro atoms. The van der Waals surface area contributed by atoms with Crippen LogP contribution >= 0.6 is 0 Å². The second-order valence-corrected chi connectivity index (χ2v) is 15.0. The van der Waals surface area contributed by atoms with Crippen molar-refractivity contribution < 1.29 is 0 Å². The number of rotatable bonds is 5. The van der Waals surface area contributed by atoms with Gasteiger partial charge in [0.1, 0.15) is 0 Å². The molecule has 232 valence electrons. The highest BCUT2D eigenvalue weighted by molar-refractivity contribution is 5.90. The summed E-state index contributed by atoms with van der Waals surface area (Å²) in [5, 5.41) is 0. The van der Waals surface area contributed by atoms with Crippen molar-refractivity contribution in [3.8, 4) is 11.1 Å². The zero-order valence-electron chi connectivity index (χ0n) is 28.8. The van der Waals surface area contributed by atoms with Crippen LogP contribution < -0.4 is 0 Å². The van der Waals surface area contributed by atoms with Gasteiger partial charge in [-0.05, 0) is 118 Å². The SMILES string of the molecule is C\C=C1/C(=C\C=C\C2=CC(CC3=CC(c4ccc5c(c4)C(C)(C)c4ccccc4-5)=CCC3C)=C(C)CC2)c2ccccc2C1(C)C. The first-order valence-electron chi connectivity index (χ1n) is 17.3. The Bertz CT molecular complexity index is 1950. The Balaban J connectivity index is 1.13. The number of hydrogen-bond donors (Lipinski definition) is 0. The quantitative estimate of drug-likeness (QED) is 0.273. The third-order valence-corrected chi connectivity index (χ3v) is 11.4. The Labute approximate surface area is 277 Å². The monoisotopic (exact) mass is 600 g/mol. The summed E-state index contributed by atoms with van der Waals surface area (Å²) in [6, 6.07) is 25.0. The average molecular weight is 601 g/mol. The van der Waals surface area contributed by atoms with Crippen LogP contribution in [-0.4, -0.2) is 0 Å². The molecule has 3 aromatic rings. The van der Waals surface area contributed by atoms with Crippen molar-refractivity contribution in [2.75, 3.05) is 0 Å². The fourth-order valence-electron chi connectivity index (χ4n) is 8.48. The predicted octanol–water partition coefficient (Wildman–Crippen LogP) is 12.6. The minimum absolute atomic E-state index is 0.0252. The fourth-order valence-corrected chi connectivity index (χ4v) is 8.48. The average Bonchev–Trinajstić information content (AvgIpc) is 3.42. The number of allylic oxidation sites excluding steroid dienone is 14. The molecule has 0 radical (unpaired) electrons. The normalized spacial score (nSPS) is 22.9. The predicted molar refractivity (Wildman–Crippen MR) is 199 cm³/mol. The highest BCUT2D eigenvalue weighted by Crippen LogP contribution is 2.50. The van der Waals surface area contributed by atoms with Gasteiger partial charge in [0, 0.05) is 10.8 Å². The first-order chi connectivity index (χ1) is 22.1. The lowest BCUT2D eigenvalue weighted by Crippen LogP contribution is -2.15. The van der Waals surface area contributed by atoms with Gasteiger partial charge in [-0.25, -0.2) is 0 Å². The largest absolute Gasteiger partial charge is 0.0829 e. The van der Waals surface area contributed by atoms with Crippen LogP contribution in [0.2, 0.25) is 0 Å². The molecule has 0 heterocycles. The van der Waals surface area contributed by atoms with E-state index in [1.165, 1.54) is 66.8 Å². The van der Waals surface area contributed by atoms with E-state index in [0.29, 0.717) is 5.92 Å². The van der Waals surface area contributed by atoms with Gasteiger partial charge in [0.2, 0.25) is 0 Å². The molecule has 0 nitrogen and oxygen atoms in total. The molecular formula is C46H48. The van der Waals surface area contributed by atoms with Gasteiger partial charge in [-0.1, -0.05) is 149 Å². The highest BCUT2D eigenvalue weighted by atomic mass is 14.4. The van der Waals surface area contributed by atoms with Crippen LogP contribution in [0.3, 0.4) is 0 Å². The van der Waals surface area contributed by atoms with Crippen LogP contribution in [0.25, 0.3) is 22.3 Å². The van der Waals surface area contributed by atoms with Crippen molar-refractivity contribution in [2.45, 2.75) is 85.0 Å². The molecule has 0 saturated carbocycles. The summed E-state index contributed by atoms with van der Waals surface area (Å²) in [6.07, 6.45) is 21.1. The molecule has 1 atom stereocenters. The third kappa shape index (κ3) is 5.07. The van der Waals surface area contributed by atoms with Crippen LogP contribution in [0.4, 0.5) is 0 Å². The lowest BCUT2D eigenvalue weighted by molar-refractivity contribution is 0.659. The Kier molecular flexibility index (Phi) is 7.67. The van der Waals surface area contributed by atoms with Crippen molar-refractivity contribution in [3.63, 3.8) is 0 Å². The Morgan fingerprint density at radius 3 is 2.24 bits per heavy atom. The van der Waals surface area contributed by atoms with Crippen LogP contribution in [-0.2, 0) is 10.8 Å². The van der Waals surface area contributed by atoms with E-state index < -0.39 is 0 Å². The maximum absolute atomic E-state index is 2.51. The highest BCUT2D eigenvalue weighted by Gasteiger charge is 2.37. The maximum Gasteiger partial charge on any atom is 0.0159 e. The van der Waals surface area contributed by atoms with E-state index in [-0.39, 0.29) is 10.8 Å². The summed E-state index contributed by atoms with van der Waals surface area (Å²) < 4.78 is 0. The van der Waals surface area contributed by atoms with E-state index in [4.69, 9.17) is 0 Å². The van der Waals surface area contributed by atoms with Crippen molar-refractivity contribution in [1.82, 2.24) is 0 Å². The molecule has 0 N–H and O–H groups in total. The molecule has 0 heteroatoms. The zero-order chi connectivity index (χ0) is 32.2. The molecule has 46 heavy (non-hydrogen) atoms. The Hall–Kier alpha value is -4.16. The number of fused-ring (bicyclic) bond motifs is 4. The molecule has 1 unspecified atom stereocenters. The first kappa shape index (κ1) is 30.5. The smallest absolute Gasteiger partial charge is 0.0159 e. The van der Waals surface area contributed by atoms with E-state index in [9.17, 15) is 0 Å². The summed E-state index contributed by atoms with van der Waals surface area (Å²) in [4.78, 5) is 0. The molecule has 0 bridgehead atoms. The van der Waals surface area contributed by atoms with Crippen LogP contribution in [0.15, 0.2) is 137 Å². The molecule has 4 aliphatic rings. The molecule has 7 rings (SSSR count).